The van der Waals surface area contributed by atoms with Crippen LogP contribution in [-0.2, 0) is 4.79 Å². The molecule has 2 aliphatic heterocycles. The highest BCUT2D eigenvalue weighted by Crippen LogP contribution is 2.24. The van der Waals surface area contributed by atoms with Crippen LogP contribution < -0.4 is 26.8 Å². The lowest BCUT2D eigenvalue weighted by molar-refractivity contribution is -0.121. The van der Waals surface area contributed by atoms with Gasteiger partial charge in [-0.25, -0.2) is 5.84 Å². The minimum Gasteiger partial charge on any atom is -0.369 e. The fraction of sp³-hybridized carbons (Fsp3) is 0.667. The van der Waals surface area contributed by atoms with Crippen molar-refractivity contribution < 1.29 is 4.79 Å². The van der Waals surface area contributed by atoms with E-state index in [1.54, 1.807) is 0 Å². The molecule has 2 aliphatic rings. The number of nitrogens with zero attached hydrogens (tertiary/aromatic N) is 5. The van der Waals surface area contributed by atoms with Crippen molar-refractivity contribution in [2.45, 2.75) is 19.3 Å². The van der Waals surface area contributed by atoms with Gasteiger partial charge in [-0.2, -0.15) is 15.0 Å². The van der Waals surface area contributed by atoms with Crippen LogP contribution in [0.15, 0.2) is 0 Å². The molecular weight excluding hydrogens is 272 g/mol. The van der Waals surface area contributed by atoms with E-state index in [1.165, 1.54) is 0 Å². The van der Waals surface area contributed by atoms with Gasteiger partial charge in [0.15, 0.2) is 0 Å². The van der Waals surface area contributed by atoms with Crippen LogP contribution in [0.5, 0.6) is 0 Å². The first-order chi connectivity index (χ1) is 10.2. The van der Waals surface area contributed by atoms with Crippen molar-refractivity contribution in [3.63, 3.8) is 0 Å². The fourth-order valence-corrected chi connectivity index (χ4v) is 2.79. The van der Waals surface area contributed by atoms with E-state index in [0.29, 0.717) is 30.9 Å². The molecule has 0 radical (unpaired) electrons. The fourth-order valence-electron chi connectivity index (χ4n) is 2.79. The summed E-state index contributed by atoms with van der Waals surface area (Å²) in [6, 6.07) is 0. The van der Waals surface area contributed by atoms with E-state index in [0.717, 1.165) is 32.4 Å². The number of nitrogens with two attached hydrogens (primary N) is 2. The van der Waals surface area contributed by atoms with Gasteiger partial charge in [0.25, 0.3) is 0 Å². The van der Waals surface area contributed by atoms with Crippen LogP contribution in [0.4, 0.5) is 17.8 Å². The molecule has 5 N–H and O–H groups in total. The average Bonchev–Trinajstić information content (AvgIpc) is 3.18. The number of aromatic nitrogens is 3. The monoisotopic (exact) mass is 292 g/mol. The molecule has 2 saturated heterocycles. The maximum Gasteiger partial charge on any atom is 0.243 e. The van der Waals surface area contributed by atoms with E-state index in [-0.39, 0.29) is 11.8 Å². The Balaban J connectivity index is 1.84. The highest BCUT2D eigenvalue weighted by molar-refractivity contribution is 5.78. The maximum atomic E-state index is 11.3. The molecule has 0 aromatic carbocycles. The summed E-state index contributed by atoms with van der Waals surface area (Å²) in [5.74, 6) is 6.54. The third-order valence-corrected chi connectivity index (χ3v) is 4.00. The normalized spacial score (nSPS) is 21.9. The second kappa shape index (κ2) is 5.68. The molecule has 0 bridgehead atoms. The lowest BCUT2D eigenvalue weighted by Crippen LogP contribution is -2.30. The molecule has 9 nitrogen and oxygen atoms in total. The van der Waals surface area contributed by atoms with Gasteiger partial charge in [-0.05, 0) is 19.3 Å². The van der Waals surface area contributed by atoms with Gasteiger partial charge in [0, 0.05) is 26.2 Å². The number of hydrogen-bond donors (Lipinski definition) is 3. The number of nitrogen functional groups attached to an aromatic ring is 1. The number of hydrazine groups is 1. The van der Waals surface area contributed by atoms with Crippen LogP contribution in [0.2, 0.25) is 0 Å². The third-order valence-electron chi connectivity index (χ3n) is 4.00. The number of primary amides is 1. The largest absolute Gasteiger partial charge is 0.369 e. The van der Waals surface area contributed by atoms with Gasteiger partial charge in [0.05, 0.1) is 5.92 Å². The summed E-state index contributed by atoms with van der Waals surface area (Å²) in [5, 5.41) is 0. The van der Waals surface area contributed by atoms with Crippen molar-refractivity contribution in [1.82, 2.24) is 15.0 Å². The van der Waals surface area contributed by atoms with Gasteiger partial charge >= 0.3 is 0 Å². The Morgan fingerprint density at radius 3 is 2.33 bits per heavy atom. The highest BCUT2D eigenvalue weighted by Gasteiger charge is 2.29. The Morgan fingerprint density at radius 1 is 1.10 bits per heavy atom. The number of carbonyl (C=O) groups is 1. The molecule has 1 atom stereocenters. The van der Waals surface area contributed by atoms with Crippen LogP contribution in [-0.4, -0.2) is 47.0 Å². The molecule has 9 heteroatoms. The number of nitrogens with one attached hydrogen (secondary N) is 1. The van der Waals surface area contributed by atoms with Crippen molar-refractivity contribution in [2.75, 3.05) is 41.4 Å². The Hall–Kier alpha value is -2.16. The Bertz CT molecular complexity index is 530. The van der Waals surface area contributed by atoms with Crippen LogP contribution in [0.3, 0.4) is 0 Å². The van der Waals surface area contributed by atoms with Gasteiger partial charge in [0.2, 0.25) is 23.8 Å². The summed E-state index contributed by atoms with van der Waals surface area (Å²) in [7, 11) is 0. The van der Waals surface area contributed by atoms with Gasteiger partial charge in [0.1, 0.15) is 0 Å². The molecule has 1 aromatic rings. The number of hydrogen-bond acceptors (Lipinski definition) is 8. The molecule has 114 valence electrons. The predicted molar refractivity (Wildman–Crippen MR) is 78.6 cm³/mol. The van der Waals surface area contributed by atoms with Gasteiger partial charge in [-0.1, -0.05) is 0 Å². The Morgan fingerprint density at radius 2 is 1.76 bits per heavy atom. The Labute approximate surface area is 122 Å². The summed E-state index contributed by atoms with van der Waals surface area (Å²) in [4.78, 5) is 28.5. The van der Waals surface area contributed by atoms with Crippen LogP contribution in [0, 0.1) is 5.92 Å². The zero-order chi connectivity index (χ0) is 14.8. The van der Waals surface area contributed by atoms with Gasteiger partial charge in [-0.15, -0.1) is 0 Å². The smallest absolute Gasteiger partial charge is 0.243 e. The average molecular weight is 292 g/mol. The molecule has 21 heavy (non-hydrogen) atoms. The second-order valence-electron chi connectivity index (χ2n) is 5.43. The van der Waals surface area contributed by atoms with Gasteiger partial charge < -0.3 is 15.5 Å². The summed E-state index contributed by atoms with van der Waals surface area (Å²) >= 11 is 0. The quantitative estimate of drug-likeness (QED) is 0.480. The maximum absolute atomic E-state index is 11.3. The first-order valence-electron chi connectivity index (χ1n) is 7.19. The zero-order valence-electron chi connectivity index (χ0n) is 11.8. The van der Waals surface area contributed by atoms with Crippen LogP contribution in [0.1, 0.15) is 19.3 Å². The van der Waals surface area contributed by atoms with E-state index in [9.17, 15) is 4.79 Å². The number of anilines is 3. The van der Waals surface area contributed by atoms with Crippen molar-refractivity contribution in [3.8, 4) is 0 Å². The van der Waals surface area contributed by atoms with Crippen molar-refractivity contribution in [3.05, 3.63) is 0 Å². The topological polar surface area (TPSA) is 126 Å². The zero-order valence-corrected chi connectivity index (χ0v) is 11.8. The van der Waals surface area contributed by atoms with Crippen LogP contribution >= 0.6 is 0 Å². The molecule has 0 aliphatic carbocycles. The highest BCUT2D eigenvalue weighted by atomic mass is 16.1. The predicted octanol–water partition coefficient (Wildman–Crippen LogP) is -0.931. The number of amides is 1. The van der Waals surface area contributed by atoms with Gasteiger partial charge in [-0.3, -0.25) is 10.2 Å². The van der Waals surface area contributed by atoms with E-state index < -0.39 is 0 Å². The Kier molecular flexibility index (Phi) is 3.74. The third kappa shape index (κ3) is 2.82. The minimum absolute atomic E-state index is 0.147. The molecule has 1 aromatic heterocycles. The molecule has 3 heterocycles. The minimum atomic E-state index is -0.275. The summed E-state index contributed by atoms with van der Waals surface area (Å²) in [5.41, 5.74) is 7.85. The molecule has 1 amide bonds. The molecule has 3 rings (SSSR count). The van der Waals surface area contributed by atoms with Crippen molar-refractivity contribution >= 4 is 23.8 Å². The summed E-state index contributed by atoms with van der Waals surface area (Å²) in [6.45, 7) is 3.14. The van der Waals surface area contributed by atoms with Crippen molar-refractivity contribution in [2.24, 2.45) is 17.5 Å². The molecule has 2 fully saturated rings. The van der Waals surface area contributed by atoms with E-state index in [4.69, 9.17) is 11.6 Å². The number of rotatable bonds is 4. The standard InChI is InChI=1S/C12H20N8O/c13-9(21)8-3-6-20(7-8)12-16-10(18-14)15-11(17-12)19-4-1-2-5-19/h8H,1-7,14H2,(H2,13,21)(H,15,16,17,18). The van der Waals surface area contributed by atoms with Crippen LogP contribution in [0.25, 0.3) is 0 Å². The molecule has 1 unspecified atom stereocenters. The molecular formula is C12H20N8O. The lowest BCUT2D eigenvalue weighted by atomic mass is 10.1. The summed E-state index contributed by atoms with van der Waals surface area (Å²) in [6.07, 6.45) is 3.01. The summed E-state index contributed by atoms with van der Waals surface area (Å²) < 4.78 is 0. The van der Waals surface area contributed by atoms with Crippen molar-refractivity contribution in [1.29, 1.82) is 0 Å². The first kappa shape index (κ1) is 13.8. The van der Waals surface area contributed by atoms with E-state index in [2.05, 4.69) is 25.3 Å². The van der Waals surface area contributed by atoms with E-state index >= 15 is 0 Å². The van der Waals surface area contributed by atoms with E-state index in [1.807, 2.05) is 4.90 Å². The molecule has 0 spiro atoms. The lowest BCUT2D eigenvalue weighted by Gasteiger charge is -2.20. The first-order valence-corrected chi connectivity index (χ1v) is 7.19. The second-order valence-corrected chi connectivity index (χ2v) is 5.43. The number of carbonyl (C=O) groups excluding carboxylic acids is 1. The molecule has 0 saturated carbocycles. The SMILES string of the molecule is NNc1nc(N2CCCC2)nc(N2CCC(C(N)=O)C2)n1.